The van der Waals surface area contributed by atoms with Crippen LogP contribution in [0, 0.1) is 0 Å². The topological polar surface area (TPSA) is 161 Å². The molecule has 1 saturated heterocycles. The Morgan fingerprint density at radius 2 is 1.66 bits per heavy atom. The standard InChI is InChI=1S/C28H36N6O6S/c1-34-28(30-32-33-34)41-18-23-15-24(21-11-9-20(17-35)10-12-21)40-27(39-23)22-13-7-19(8-14-22)16-29-25(36)5-3-2-4-6-26(37)31-38/h7-14,23-24,27,35,38H,2-6,15-18H2,1H3,(H,29,36)(H,31,37)/t23-,24+,27+/m1/s1. The van der Waals surface area contributed by atoms with Crippen LogP contribution in [0.5, 0.6) is 0 Å². The molecule has 0 radical (unpaired) electrons. The molecule has 1 aliphatic heterocycles. The van der Waals surface area contributed by atoms with Gasteiger partial charge in [0.1, 0.15) is 0 Å². The van der Waals surface area contributed by atoms with E-state index in [4.69, 9.17) is 14.7 Å². The Hall–Kier alpha value is -3.36. The number of aryl methyl sites for hydroxylation is 1. The van der Waals surface area contributed by atoms with Gasteiger partial charge in [-0.15, -0.1) is 5.10 Å². The van der Waals surface area contributed by atoms with Crippen LogP contribution in [-0.2, 0) is 39.3 Å². The third-order valence-corrected chi connectivity index (χ3v) is 7.91. The molecule has 2 aromatic carbocycles. The van der Waals surface area contributed by atoms with E-state index in [2.05, 4.69) is 20.8 Å². The number of carbonyl (C=O) groups excluding carboxylic acids is 2. The van der Waals surface area contributed by atoms with Crippen LogP contribution in [0.2, 0.25) is 0 Å². The quantitative estimate of drug-likeness (QED) is 0.0959. The SMILES string of the molecule is Cn1nnnc1SC[C@H]1C[C@@H](c2ccc(CO)cc2)O[C@@H](c2ccc(CNC(=O)CCCCCC(=O)NO)cc2)O1. The van der Waals surface area contributed by atoms with Gasteiger partial charge in [0.05, 0.1) is 18.8 Å². The van der Waals surface area contributed by atoms with E-state index in [0.29, 0.717) is 43.1 Å². The van der Waals surface area contributed by atoms with Gasteiger partial charge in [-0.25, -0.2) is 10.2 Å². The maximum absolute atomic E-state index is 12.2. The summed E-state index contributed by atoms with van der Waals surface area (Å²) in [5, 5.41) is 33.2. The van der Waals surface area contributed by atoms with Gasteiger partial charge in [0.2, 0.25) is 17.0 Å². The van der Waals surface area contributed by atoms with Crippen LogP contribution in [0.25, 0.3) is 0 Å². The zero-order chi connectivity index (χ0) is 29.0. The number of aliphatic hydroxyl groups excluding tert-OH is 1. The van der Waals surface area contributed by atoms with Crippen molar-refractivity contribution in [1.29, 1.82) is 0 Å². The van der Waals surface area contributed by atoms with Crippen LogP contribution in [0.1, 0.15) is 73.2 Å². The molecular weight excluding hydrogens is 548 g/mol. The van der Waals surface area contributed by atoms with Crippen LogP contribution in [0.15, 0.2) is 53.7 Å². The molecule has 3 aromatic rings. The molecule has 0 unspecified atom stereocenters. The number of hydrogen-bond acceptors (Lipinski definition) is 10. The second kappa shape index (κ2) is 15.6. The van der Waals surface area contributed by atoms with Crippen LogP contribution in [0.3, 0.4) is 0 Å². The predicted octanol–water partition coefficient (Wildman–Crippen LogP) is 3.11. The molecule has 2 heterocycles. The molecule has 41 heavy (non-hydrogen) atoms. The van der Waals surface area contributed by atoms with Gasteiger partial charge in [0.15, 0.2) is 6.29 Å². The van der Waals surface area contributed by atoms with Crippen molar-refractivity contribution >= 4 is 23.6 Å². The Bertz CT molecular complexity index is 1260. The monoisotopic (exact) mass is 584 g/mol. The van der Waals surface area contributed by atoms with Gasteiger partial charge in [-0.2, -0.15) is 0 Å². The number of amides is 2. The molecule has 0 spiro atoms. The van der Waals surface area contributed by atoms with E-state index in [-0.39, 0.29) is 31.1 Å². The highest BCUT2D eigenvalue weighted by Gasteiger charge is 2.32. The maximum Gasteiger partial charge on any atom is 0.243 e. The average Bonchev–Trinajstić information content (AvgIpc) is 3.43. The van der Waals surface area contributed by atoms with Gasteiger partial charge in [0, 0.05) is 44.2 Å². The van der Waals surface area contributed by atoms with Crippen LogP contribution >= 0.6 is 11.8 Å². The number of aromatic nitrogens is 4. The Balaban J connectivity index is 1.33. The van der Waals surface area contributed by atoms with Crippen molar-refractivity contribution in [3.63, 3.8) is 0 Å². The molecule has 3 atom stereocenters. The normalized spacial score (nSPS) is 18.7. The van der Waals surface area contributed by atoms with Crippen molar-refractivity contribution in [2.45, 2.75) is 75.3 Å². The fourth-order valence-electron chi connectivity index (χ4n) is 4.42. The van der Waals surface area contributed by atoms with E-state index in [9.17, 15) is 14.7 Å². The summed E-state index contributed by atoms with van der Waals surface area (Å²) in [6.45, 7) is 0.393. The first-order valence-corrected chi connectivity index (χ1v) is 14.6. The lowest BCUT2D eigenvalue weighted by atomic mass is 10.0. The van der Waals surface area contributed by atoms with E-state index in [1.165, 1.54) is 11.8 Å². The first kappa shape index (κ1) is 30.6. The number of hydrogen-bond donors (Lipinski definition) is 4. The zero-order valence-electron chi connectivity index (χ0n) is 22.9. The van der Waals surface area contributed by atoms with E-state index in [1.54, 1.807) is 17.2 Å². The third kappa shape index (κ3) is 9.33. The van der Waals surface area contributed by atoms with Crippen molar-refractivity contribution in [2.24, 2.45) is 7.05 Å². The Labute approximate surface area is 242 Å². The molecule has 12 nitrogen and oxygen atoms in total. The highest BCUT2D eigenvalue weighted by Crippen LogP contribution is 2.39. The van der Waals surface area contributed by atoms with Crippen molar-refractivity contribution in [2.75, 3.05) is 5.75 Å². The van der Waals surface area contributed by atoms with E-state index in [0.717, 1.165) is 28.7 Å². The molecular formula is C28H36N6O6S. The largest absolute Gasteiger partial charge is 0.392 e. The summed E-state index contributed by atoms with van der Waals surface area (Å²) < 4.78 is 14.4. The fraction of sp³-hybridized carbons (Fsp3) is 0.464. The van der Waals surface area contributed by atoms with Gasteiger partial charge >= 0.3 is 0 Å². The number of rotatable bonds is 14. The Morgan fingerprint density at radius 1 is 0.976 bits per heavy atom. The lowest BCUT2D eigenvalue weighted by Gasteiger charge is -2.36. The number of unbranched alkanes of at least 4 members (excludes halogenated alkanes) is 2. The Kier molecular flexibility index (Phi) is 11.6. The third-order valence-electron chi connectivity index (χ3n) is 6.77. The lowest BCUT2D eigenvalue weighted by molar-refractivity contribution is -0.245. The molecule has 220 valence electrons. The minimum absolute atomic E-state index is 0.0130. The summed E-state index contributed by atoms with van der Waals surface area (Å²) in [6.07, 6.45) is 2.43. The smallest absolute Gasteiger partial charge is 0.243 e. The fourth-order valence-corrected chi connectivity index (χ4v) is 5.29. The van der Waals surface area contributed by atoms with Gasteiger partial charge in [-0.05, 0) is 40.0 Å². The molecule has 13 heteroatoms. The molecule has 0 bridgehead atoms. The minimum atomic E-state index is -0.578. The van der Waals surface area contributed by atoms with Crippen molar-refractivity contribution in [1.82, 2.24) is 31.0 Å². The molecule has 0 aliphatic carbocycles. The molecule has 1 aromatic heterocycles. The Morgan fingerprint density at radius 3 is 2.32 bits per heavy atom. The van der Waals surface area contributed by atoms with Crippen molar-refractivity contribution in [3.8, 4) is 0 Å². The number of thioether (sulfide) groups is 1. The van der Waals surface area contributed by atoms with Gasteiger partial charge in [0.25, 0.3) is 0 Å². The van der Waals surface area contributed by atoms with E-state index in [1.807, 2.05) is 48.5 Å². The molecule has 1 fully saturated rings. The summed E-state index contributed by atoms with van der Waals surface area (Å²) in [5.41, 5.74) is 5.29. The molecule has 4 rings (SSSR count). The minimum Gasteiger partial charge on any atom is -0.392 e. The summed E-state index contributed by atoms with van der Waals surface area (Å²) in [7, 11) is 1.80. The first-order valence-electron chi connectivity index (χ1n) is 13.6. The number of aliphatic hydroxyl groups is 1. The predicted molar refractivity (Wildman–Crippen MR) is 149 cm³/mol. The number of tetrazole rings is 1. The summed E-state index contributed by atoms with van der Waals surface area (Å²) >= 11 is 1.53. The number of ether oxygens (including phenoxy) is 2. The number of carbonyl (C=O) groups is 2. The average molecular weight is 585 g/mol. The van der Waals surface area contributed by atoms with Crippen LogP contribution in [-0.4, -0.2) is 54.2 Å². The number of nitrogens with zero attached hydrogens (tertiary/aromatic N) is 4. The molecule has 4 N–H and O–H groups in total. The van der Waals surface area contributed by atoms with E-state index < -0.39 is 12.2 Å². The maximum atomic E-state index is 12.2. The highest BCUT2D eigenvalue weighted by molar-refractivity contribution is 7.99. The van der Waals surface area contributed by atoms with E-state index >= 15 is 0 Å². The number of nitrogens with one attached hydrogen (secondary N) is 2. The summed E-state index contributed by atoms with van der Waals surface area (Å²) in [4.78, 5) is 23.2. The van der Waals surface area contributed by atoms with Crippen LogP contribution in [0.4, 0.5) is 0 Å². The summed E-state index contributed by atoms with van der Waals surface area (Å²) in [5.74, 6) is 0.189. The number of benzene rings is 2. The van der Waals surface area contributed by atoms with Crippen molar-refractivity contribution < 1.29 is 29.4 Å². The summed E-state index contributed by atoms with van der Waals surface area (Å²) in [6, 6.07) is 15.6. The second-order valence-electron chi connectivity index (χ2n) is 9.86. The molecule has 0 saturated carbocycles. The van der Waals surface area contributed by atoms with Crippen LogP contribution < -0.4 is 10.8 Å². The van der Waals surface area contributed by atoms with Crippen molar-refractivity contribution in [3.05, 3.63) is 70.8 Å². The van der Waals surface area contributed by atoms with Gasteiger partial charge in [-0.3, -0.25) is 14.8 Å². The molecule has 2 amide bonds. The second-order valence-corrected chi connectivity index (χ2v) is 10.8. The number of hydroxylamine groups is 1. The first-order chi connectivity index (χ1) is 19.9. The van der Waals surface area contributed by atoms with Gasteiger partial charge < -0.3 is 19.9 Å². The molecule has 1 aliphatic rings. The zero-order valence-corrected chi connectivity index (χ0v) is 23.8. The lowest BCUT2D eigenvalue weighted by Crippen LogP contribution is -2.31. The highest BCUT2D eigenvalue weighted by atomic mass is 32.2. The van der Waals surface area contributed by atoms with Gasteiger partial charge in [-0.1, -0.05) is 66.7 Å².